The molecular formula is C23H23FN4O2. The highest BCUT2D eigenvalue weighted by Crippen LogP contribution is 2.25. The lowest BCUT2D eigenvalue weighted by Gasteiger charge is -2.32. The van der Waals surface area contributed by atoms with E-state index in [9.17, 15) is 9.18 Å². The number of anilines is 2. The molecule has 0 aliphatic carbocycles. The van der Waals surface area contributed by atoms with Gasteiger partial charge in [-0.15, -0.1) is 10.2 Å². The Morgan fingerprint density at radius 2 is 1.97 bits per heavy atom. The first kappa shape index (κ1) is 19.8. The fourth-order valence-electron chi connectivity index (χ4n) is 3.62. The van der Waals surface area contributed by atoms with Gasteiger partial charge in [0.05, 0.1) is 18.7 Å². The van der Waals surface area contributed by atoms with Gasteiger partial charge < -0.3 is 15.0 Å². The van der Waals surface area contributed by atoms with E-state index in [2.05, 4.69) is 20.4 Å². The molecule has 0 bridgehead atoms. The van der Waals surface area contributed by atoms with E-state index in [4.69, 9.17) is 4.74 Å². The highest BCUT2D eigenvalue weighted by atomic mass is 19.1. The Labute approximate surface area is 174 Å². The van der Waals surface area contributed by atoms with Crippen molar-refractivity contribution in [3.63, 3.8) is 0 Å². The van der Waals surface area contributed by atoms with E-state index < -0.39 is 0 Å². The van der Waals surface area contributed by atoms with Crippen LogP contribution in [0.3, 0.4) is 0 Å². The number of nitrogens with zero attached hydrogens (tertiary/aromatic N) is 3. The van der Waals surface area contributed by atoms with Gasteiger partial charge in [-0.05, 0) is 67.4 Å². The lowest BCUT2D eigenvalue weighted by molar-refractivity contribution is -0.120. The van der Waals surface area contributed by atoms with Crippen molar-refractivity contribution in [1.82, 2.24) is 10.2 Å². The molecule has 2 heterocycles. The van der Waals surface area contributed by atoms with Gasteiger partial charge >= 0.3 is 0 Å². The standard InChI is InChI=1S/C23H23FN4O2/c1-30-20-9-7-16(8-10-20)21-11-12-22(27-26-21)28-13-3-4-17(15-28)23(29)25-19-6-2-5-18(24)14-19/h2,5-12,14,17H,3-4,13,15H2,1H3,(H,25,29). The topological polar surface area (TPSA) is 67.3 Å². The van der Waals surface area contributed by atoms with Crippen LogP contribution in [-0.2, 0) is 4.79 Å². The van der Waals surface area contributed by atoms with Crippen LogP contribution < -0.4 is 15.0 Å². The third kappa shape index (κ3) is 4.56. The number of nitrogens with one attached hydrogen (secondary N) is 1. The first-order valence-corrected chi connectivity index (χ1v) is 9.92. The second-order valence-corrected chi connectivity index (χ2v) is 7.29. The molecule has 0 radical (unpaired) electrons. The van der Waals surface area contributed by atoms with Crippen molar-refractivity contribution < 1.29 is 13.9 Å². The second-order valence-electron chi connectivity index (χ2n) is 7.29. The molecule has 0 saturated carbocycles. The number of amides is 1. The molecule has 6 nitrogen and oxygen atoms in total. The van der Waals surface area contributed by atoms with E-state index in [1.807, 2.05) is 36.4 Å². The van der Waals surface area contributed by atoms with Crippen LogP contribution in [0.25, 0.3) is 11.3 Å². The molecule has 1 N–H and O–H groups in total. The summed E-state index contributed by atoms with van der Waals surface area (Å²) in [5.74, 6) is 0.873. The van der Waals surface area contributed by atoms with Crippen LogP contribution in [0.15, 0.2) is 60.7 Å². The van der Waals surface area contributed by atoms with Crippen molar-refractivity contribution in [3.05, 3.63) is 66.5 Å². The summed E-state index contributed by atoms with van der Waals surface area (Å²) >= 11 is 0. The number of benzene rings is 2. The predicted molar refractivity (Wildman–Crippen MR) is 114 cm³/mol. The van der Waals surface area contributed by atoms with Crippen LogP contribution in [0.5, 0.6) is 5.75 Å². The summed E-state index contributed by atoms with van der Waals surface area (Å²) < 4.78 is 18.5. The minimum Gasteiger partial charge on any atom is -0.497 e. The maximum Gasteiger partial charge on any atom is 0.229 e. The van der Waals surface area contributed by atoms with Crippen molar-refractivity contribution in [2.75, 3.05) is 30.4 Å². The number of carbonyl (C=O) groups is 1. The summed E-state index contributed by atoms with van der Waals surface area (Å²) in [6, 6.07) is 17.5. The van der Waals surface area contributed by atoms with Gasteiger partial charge in [-0.2, -0.15) is 0 Å². The Balaban J connectivity index is 1.41. The number of methoxy groups -OCH3 is 1. The molecular weight excluding hydrogens is 383 g/mol. The summed E-state index contributed by atoms with van der Waals surface area (Å²) in [5.41, 5.74) is 2.21. The SMILES string of the molecule is COc1ccc(-c2ccc(N3CCCC(C(=O)Nc4cccc(F)c4)C3)nn2)cc1. The molecule has 0 spiro atoms. The molecule has 2 aromatic carbocycles. The first-order chi connectivity index (χ1) is 14.6. The van der Waals surface area contributed by atoms with Crippen LogP contribution >= 0.6 is 0 Å². The summed E-state index contributed by atoms with van der Waals surface area (Å²) in [4.78, 5) is 14.7. The minimum absolute atomic E-state index is 0.104. The van der Waals surface area contributed by atoms with Gasteiger partial charge in [0.15, 0.2) is 5.82 Å². The molecule has 1 amide bonds. The van der Waals surface area contributed by atoms with Crippen molar-refractivity contribution in [1.29, 1.82) is 0 Å². The van der Waals surface area contributed by atoms with E-state index in [0.717, 1.165) is 42.2 Å². The van der Waals surface area contributed by atoms with Crippen LogP contribution in [0.1, 0.15) is 12.8 Å². The van der Waals surface area contributed by atoms with Gasteiger partial charge in [-0.25, -0.2) is 4.39 Å². The summed E-state index contributed by atoms with van der Waals surface area (Å²) in [6.07, 6.45) is 1.66. The van der Waals surface area contributed by atoms with E-state index in [-0.39, 0.29) is 17.6 Å². The van der Waals surface area contributed by atoms with Crippen molar-refractivity contribution in [3.8, 4) is 17.0 Å². The van der Waals surface area contributed by atoms with Crippen molar-refractivity contribution in [2.45, 2.75) is 12.8 Å². The number of aromatic nitrogens is 2. The van der Waals surface area contributed by atoms with E-state index >= 15 is 0 Å². The molecule has 1 saturated heterocycles. The van der Waals surface area contributed by atoms with Crippen LogP contribution in [0.4, 0.5) is 15.9 Å². The second kappa shape index (κ2) is 8.90. The molecule has 7 heteroatoms. The fourth-order valence-corrected chi connectivity index (χ4v) is 3.62. The normalized spacial score (nSPS) is 16.2. The highest BCUT2D eigenvalue weighted by Gasteiger charge is 2.27. The summed E-state index contributed by atoms with van der Waals surface area (Å²) in [6.45, 7) is 1.37. The average Bonchev–Trinajstić information content (AvgIpc) is 2.79. The zero-order valence-electron chi connectivity index (χ0n) is 16.7. The Bertz CT molecular complexity index is 1010. The van der Waals surface area contributed by atoms with Gasteiger partial charge in [0, 0.05) is 24.3 Å². The molecule has 30 heavy (non-hydrogen) atoms. The van der Waals surface area contributed by atoms with Gasteiger partial charge in [-0.3, -0.25) is 4.79 Å². The number of halogens is 1. The monoisotopic (exact) mass is 406 g/mol. The highest BCUT2D eigenvalue weighted by molar-refractivity contribution is 5.93. The van der Waals surface area contributed by atoms with E-state index in [1.54, 1.807) is 19.2 Å². The molecule has 1 aliphatic heterocycles. The number of rotatable bonds is 5. The summed E-state index contributed by atoms with van der Waals surface area (Å²) in [5, 5.41) is 11.5. The Kier molecular flexibility index (Phi) is 5.88. The lowest BCUT2D eigenvalue weighted by Crippen LogP contribution is -2.41. The Morgan fingerprint density at radius 3 is 2.67 bits per heavy atom. The van der Waals surface area contributed by atoms with Gasteiger partial charge in [0.1, 0.15) is 11.6 Å². The zero-order valence-corrected chi connectivity index (χ0v) is 16.7. The van der Waals surface area contributed by atoms with Crippen molar-refractivity contribution >= 4 is 17.4 Å². The molecule has 1 aliphatic rings. The largest absolute Gasteiger partial charge is 0.497 e. The average molecular weight is 406 g/mol. The molecule has 154 valence electrons. The molecule has 1 fully saturated rings. The number of carbonyl (C=O) groups excluding carboxylic acids is 1. The van der Waals surface area contributed by atoms with E-state index in [0.29, 0.717) is 12.2 Å². The smallest absolute Gasteiger partial charge is 0.229 e. The summed E-state index contributed by atoms with van der Waals surface area (Å²) in [7, 11) is 1.63. The van der Waals surface area contributed by atoms with E-state index in [1.165, 1.54) is 12.1 Å². The maximum atomic E-state index is 13.4. The number of hydrogen-bond donors (Lipinski definition) is 1. The maximum absolute atomic E-state index is 13.4. The number of piperidine rings is 1. The van der Waals surface area contributed by atoms with Crippen LogP contribution in [0.2, 0.25) is 0 Å². The Morgan fingerprint density at radius 1 is 1.13 bits per heavy atom. The van der Waals surface area contributed by atoms with Gasteiger partial charge in [0.25, 0.3) is 0 Å². The van der Waals surface area contributed by atoms with Crippen LogP contribution in [0, 0.1) is 11.7 Å². The van der Waals surface area contributed by atoms with Gasteiger partial charge in [0.2, 0.25) is 5.91 Å². The lowest BCUT2D eigenvalue weighted by atomic mass is 9.97. The van der Waals surface area contributed by atoms with Crippen molar-refractivity contribution in [2.24, 2.45) is 5.92 Å². The van der Waals surface area contributed by atoms with Crippen LogP contribution in [-0.4, -0.2) is 36.3 Å². The third-order valence-corrected chi connectivity index (χ3v) is 5.24. The minimum atomic E-state index is -0.370. The molecule has 3 aromatic rings. The molecule has 1 unspecified atom stereocenters. The number of hydrogen-bond acceptors (Lipinski definition) is 5. The molecule has 1 atom stereocenters. The predicted octanol–water partition coefficient (Wildman–Crippen LogP) is 4.15. The fraction of sp³-hybridized carbons (Fsp3) is 0.261. The molecule has 4 rings (SSSR count). The van der Waals surface area contributed by atoms with Gasteiger partial charge in [-0.1, -0.05) is 6.07 Å². The number of ether oxygens (including phenoxy) is 1. The Hall–Kier alpha value is -3.48. The first-order valence-electron chi connectivity index (χ1n) is 9.92. The zero-order chi connectivity index (χ0) is 20.9. The molecule has 1 aromatic heterocycles. The third-order valence-electron chi connectivity index (χ3n) is 5.24. The quantitative estimate of drug-likeness (QED) is 0.690.